The predicted octanol–water partition coefficient (Wildman–Crippen LogP) is 5.44. The van der Waals surface area contributed by atoms with Crippen LogP contribution in [0.3, 0.4) is 0 Å². The standard InChI is InChI=1S/C28H47N3O4/c1-11-13-21(7)29-25(32)24(22-16-19(5)15-20(6)17-22)31(14-12-2)26(33)23(18(3)4)30-27(34)35-28(8,9)10/h15-18,21,23-24H,11-14H2,1-10H3,(H,29,32)(H,30,34). The molecule has 0 saturated heterocycles. The molecule has 3 amide bonds. The number of amides is 3. The Hall–Kier alpha value is -2.57. The van der Waals surface area contributed by atoms with Crippen LogP contribution in [0.25, 0.3) is 0 Å². The number of alkyl carbamates (subject to hydrolysis) is 1. The lowest BCUT2D eigenvalue weighted by atomic mass is 9.96. The fourth-order valence-corrected chi connectivity index (χ4v) is 4.20. The van der Waals surface area contributed by atoms with Crippen molar-refractivity contribution in [1.82, 2.24) is 15.5 Å². The Morgan fingerprint density at radius 3 is 1.97 bits per heavy atom. The van der Waals surface area contributed by atoms with Crippen molar-refractivity contribution < 1.29 is 19.1 Å². The molecule has 0 radical (unpaired) electrons. The molecule has 1 rings (SSSR count). The van der Waals surface area contributed by atoms with Gasteiger partial charge in [0.25, 0.3) is 0 Å². The van der Waals surface area contributed by atoms with E-state index in [0.717, 1.165) is 29.5 Å². The molecule has 0 aliphatic carbocycles. The van der Waals surface area contributed by atoms with Gasteiger partial charge in [0.15, 0.2) is 0 Å². The lowest BCUT2D eigenvalue weighted by molar-refractivity contribution is -0.143. The van der Waals surface area contributed by atoms with E-state index < -0.39 is 23.8 Å². The zero-order valence-electron chi connectivity index (χ0n) is 23.5. The minimum atomic E-state index is -0.828. The second kappa shape index (κ2) is 13.5. The van der Waals surface area contributed by atoms with E-state index in [4.69, 9.17) is 4.74 Å². The van der Waals surface area contributed by atoms with Gasteiger partial charge in [-0.2, -0.15) is 0 Å². The number of carbonyl (C=O) groups is 3. The van der Waals surface area contributed by atoms with E-state index in [1.165, 1.54) is 0 Å². The van der Waals surface area contributed by atoms with Crippen LogP contribution in [0.15, 0.2) is 18.2 Å². The zero-order valence-corrected chi connectivity index (χ0v) is 23.5. The van der Waals surface area contributed by atoms with Gasteiger partial charge in [-0.25, -0.2) is 4.79 Å². The maximum absolute atomic E-state index is 14.0. The lowest BCUT2D eigenvalue weighted by Gasteiger charge is -2.36. The summed E-state index contributed by atoms with van der Waals surface area (Å²) in [6.45, 7) is 19.5. The Morgan fingerprint density at radius 1 is 0.943 bits per heavy atom. The van der Waals surface area contributed by atoms with E-state index in [2.05, 4.69) is 17.6 Å². The number of carbonyl (C=O) groups excluding carboxylic acids is 3. The predicted molar refractivity (Wildman–Crippen MR) is 141 cm³/mol. The van der Waals surface area contributed by atoms with Crippen molar-refractivity contribution in [3.63, 3.8) is 0 Å². The Balaban J connectivity index is 3.47. The van der Waals surface area contributed by atoms with Gasteiger partial charge < -0.3 is 20.3 Å². The molecule has 198 valence electrons. The van der Waals surface area contributed by atoms with Crippen molar-refractivity contribution in [2.75, 3.05) is 6.54 Å². The van der Waals surface area contributed by atoms with Gasteiger partial charge in [0.1, 0.15) is 17.7 Å². The molecular weight excluding hydrogens is 442 g/mol. The van der Waals surface area contributed by atoms with Crippen molar-refractivity contribution in [1.29, 1.82) is 0 Å². The number of rotatable bonds is 11. The zero-order chi connectivity index (χ0) is 26.9. The molecule has 0 saturated carbocycles. The fourth-order valence-electron chi connectivity index (χ4n) is 4.20. The van der Waals surface area contributed by atoms with E-state index in [9.17, 15) is 14.4 Å². The summed E-state index contributed by atoms with van der Waals surface area (Å²) in [6, 6.07) is 4.32. The Labute approximate surface area is 212 Å². The van der Waals surface area contributed by atoms with Crippen LogP contribution in [-0.2, 0) is 14.3 Å². The molecule has 7 heteroatoms. The van der Waals surface area contributed by atoms with Crippen molar-refractivity contribution in [3.05, 3.63) is 34.9 Å². The lowest BCUT2D eigenvalue weighted by Crippen LogP contribution is -2.55. The average Bonchev–Trinajstić information content (AvgIpc) is 2.69. The van der Waals surface area contributed by atoms with Crippen LogP contribution < -0.4 is 10.6 Å². The third-order valence-corrected chi connectivity index (χ3v) is 5.58. The number of benzene rings is 1. The van der Waals surface area contributed by atoms with Gasteiger partial charge in [0.2, 0.25) is 11.8 Å². The first-order valence-electron chi connectivity index (χ1n) is 12.9. The summed E-state index contributed by atoms with van der Waals surface area (Å²) in [5, 5.41) is 5.86. The summed E-state index contributed by atoms with van der Waals surface area (Å²) in [5.74, 6) is -0.705. The molecule has 0 aliphatic rings. The molecule has 3 atom stereocenters. The van der Waals surface area contributed by atoms with Gasteiger partial charge in [-0.15, -0.1) is 0 Å². The molecule has 2 N–H and O–H groups in total. The van der Waals surface area contributed by atoms with Crippen LogP contribution in [0, 0.1) is 19.8 Å². The minimum Gasteiger partial charge on any atom is -0.444 e. The maximum Gasteiger partial charge on any atom is 0.408 e. The molecule has 1 aromatic carbocycles. The van der Waals surface area contributed by atoms with Crippen LogP contribution in [0.2, 0.25) is 0 Å². The molecule has 0 aliphatic heterocycles. The highest BCUT2D eigenvalue weighted by atomic mass is 16.6. The smallest absolute Gasteiger partial charge is 0.408 e. The molecular formula is C28H47N3O4. The number of hydrogen-bond donors (Lipinski definition) is 2. The average molecular weight is 490 g/mol. The number of hydrogen-bond acceptors (Lipinski definition) is 4. The van der Waals surface area contributed by atoms with E-state index >= 15 is 0 Å². The second-order valence-corrected chi connectivity index (χ2v) is 10.9. The van der Waals surface area contributed by atoms with Gasteiger partial charge in [0, 0.05) is 12.6 Å². The van der Waals surface area contributed by atoms with E-state index in [1.54, 1.807) is 25.7 Å². The largest absolute Gasteiger partial charge is 0.444 e. The molecule has 1 aromatic rings. The second-order valence-electron chi connectivity index (χ2n) is 10.9. The first kappa shape index (κ1) is 30.5. The third kappa shape index (κ3) is 9.90. The third-order valence-electron chi connectivity index (χ3n) is 5.58. The fraction of sp³-hybridized carbons (Fsp3) is 0.679. The van der Waals surface area contributed by atoms with Crippen LogP contribution >= 0.6 is 0 Å². The van der Waals surface area contributed by atoms with Gasteiger partial charge >= 0.3 is 6.09 Å². The van der Waals surface area contributed by atoms with E-state index in [0.29, 0.717) is 13.0 Å². The van der Waals surface area contributed by atoms with Gasteiger partial charge in [0.05, 0.1) is 0 Å². The summed E-state index contributed by atoms with van der Waals surface area (Å²) < 4.78 is 5.41. The highest BCUT2D eigenvalue weighted by Gasteiger charge is 2.37. The molecule has 0 heterocycles. The molecule has 0 spiro atoms. The van der Waals surface area contributed by atoms with E-state index in [-0.39, 0.29) is 23.8 Å². The topological polar surface area (TPSA) is 87.7 Å². The maximum atomic E-state index is 14.0. The van der Waals surface area contributed by atoms with Gasteiger partial charge in [-0.1, -0.05) is 63.4 Å². The Bertz CT molecular complexity index is 840. The van der Waals surface area contributed by atoms with Crippen molar-refractivity contribution in [3.8, 4) is 0 Å². The summed E-state index contributed by atoms with van der Waals surface area (Å²) in [5.41, 5.74) is 2.13. The van der Waals surface area contributed by atoms with Gasteiger partial charge in [-0.05, 0) is 65.9 Å². The van der Waals surface area contributed by atoms with Crippen LogP contribution in [0.4, 0.5) is 4.79 Å². The normalized spacial score (nSPS) is 14.1. The Kier molecular flexibility index (Phi) is 11.7. The van der Waals surface area contributed by atoms with Crippen molar-refractivity contribution >= 4 is 17.9 Å². The number of ether oxygens (including phenoxy) is 1. The molecule has 0 fully saturated rings. The van der Waals surface area contributed by atoms with Gasteiger partial charge in [-0.3, -0.25) is 9.59 Å². The molecule has 0 aromatic heterocycles. The first-order valence-corrected chi connectivity index (χ1v) is 12.9. The summed E-state index contributed by atoms with van der Waals surface area (Å²) in [6.07, 6.45) is 1.82. The monoisotopic (exact) mass is 489 g/mol. The SMILES string of the molecule is CCCC(C)NC(=O)C(c1cc(C)cc(C)c1)N(CCC)C(=O)C(NC(=O)OC(C)(C)C)C(C)C. The first-order chi connectivity index (χ1) is 16.2. The highest BCUT2D eigenvalue weighted by Crippen LogP contribution is 2.26. The molecule has 7 nitrogen and oxygen atoms in total. The quantitative estimate of drug-likeness (QED) is 0.433. The number of aryl methyl sites for hydroxylation is 2. The Morgan fingerprint density at radius 2 is 1.51 bits per heavy atom. The summed E-state index contributed by atoms with van der Waals surface area (Å²) in [7, 11) is 0. The molecule has 35 heavy (non-hydrogen) atoms. The van der Waals surface area contributed by atoms with E-state index in [1.807, 2.05) is 59.7 Å². The highest BCUT2D eigenvalue weighted by molar-refractivity contribution is 5.92. The minimum absolute atomic E-state index is 0.0136. The van der Waals surface area contributed by atoms with Crippen LogP contribution in [0.5, 0.6) is 0 Å². The van der Waals surface area contributed by atoms with Crippen molar-refractivity contribution in [2.24, 2.45) is 5.92 Å². The molecule has 0 bridgehead atoms. The number of nitrogens with one attached hydrogen (secondary N) is 2. The summed E-state index contributed by atoms with van der Waals surface area (Å²) >= 11 is 0. The van der Waals surface area contributed by atoms with Crippen LogP contribution in [-0.4, -0.2) is 47.0 Å². The number of nitrogens with zero attached hydrogens (tertiary/aromatic N) is 1. The van der Waals surface area contributed by atoms with Crippen molar-refractivity contribution in [2.45, 2.75) is 112 Å². The van der Waals surface area contributed by atoms with Crippen LogP contribution in [0.1, 0.15) is 97.4 Å². The molecule has 3 unspecified atom stereocenters. The summed E-state index contributed by atoms with van der Waals surface area (Å²) in [4.78, 5) is 41.8.